The highest BCUT2D eigenvalue weighted by atomic mass is 32.1. The lowest BCUT2D eigenvalue weighted by Crippen LogP contribution is -2.54. The van der Waals surface area contributed by atoms with Crippen LogP contribution in [-0.4, -0.2) is 57.5 Å². The number of hydrogen-bond donors (Lipinski definition) is 1. The summed E-state index contributed by atoms with van der Waals surface area (Å²) in [5, 5.41) is 5.34. The van der Waals surface area contributed by atoms with Gasteiger partial charge in [0.25, 0.3) is 11.8 Å². The molecule has 26 heavy (non-hydrogen) atoms. The fraction of sp³-hybridized carbons (Fsp3) is 0.529. The Morgan fingerprint density at radius 1 is 1.38 bits per heavy atom. The number of amides is 2. The zero-order valence-electron chi connectivity index (χ0n) is 14.8. The minimum atomic E-state index is -0.631. The van der Waals surface area contributed by atoms with E-state index in [0.717, 1.165) is 10.8 Å². The van der Waals surface area contributed by atoms with Crippen molar-refractivity contribution in [2.45, 2.75) is 38.0 Å². The lowest BCUT2D eigenvalue weighted by atomic mass is 9.88. The molecule has 0 saturated carbocycles. The molecule has 2 aliphatic heterocycles. The largest absolute Gasteiger partial charge is 0.357 e. The molecule has 138 valence electrons. The van der Waals surface area contributed by atoms with E-state index in [4.69, 9.17) is 4.74 Å². The highest BCUT2D eigenvalue weighted by Gasteiger charge is 2.47. The van der Waals surface area contributed by atoms with Crippen LogP contribution >= 0.6 is 11.3 Å². The molecule has 4 rings (SSSR count). The van der Waals surface area contributed by atoms with Gasteiger partial charge in [0.1, 0.15) is 17.1 Å². The van der Waals surface area contributed by atoms with Crippen LogP contribution in [0.2, 0.25) is 0 Å². The number of aromatic nitrogens is 3. The van der Waals surface area contributed by atoms with Gasteiger partial charge in [0.05, 0.1) is 11.6 Å². The number of likely N-dealkylation sites (N-methyl/N-ethyl adjacent to an activating group) is 1. The molecule has 1 N–H and O–H groups in total. The maximum Gasteiger partial charge on any atom is 0.273 e. The van der Waals surface area contributed by atoms with Crippen molar-refractivity contribution in [1.29, 1.82) is 0 Å². The van der Waals surface area contributed by atoms with Gasteiger partial charge in [0.2, 0.25) is 0 Å². The van der Waals surface area contributed by atoms with Gasteiger partial charge in [-0.3, -0.25) is 9.59 Å². The summed E-state index contributed by atoms with van der Waals surface area (Å²) in [6.07, 6.45) is 4.27. The quantitative estimate of drug-likeness (QED) is 0.843. The lowest BCUT2D eigenvalue weighted by molar-refractivity contribution is -0.171. The minimum Gasteiger partial charge on any atom is -0.357 e. The Bertz CT molecular complexity index is 837. The molecule has 0 bridgehead atoms. The van der Waals surface area contributed by atoms with E-state index in [1.54, 1.807) is 23.5 Å². The van der Waals surface area contributed by atoms with E-state index in [0.29, 0.717) is 38.2 Å². The lowest BCUT2D eigenvalue weighted by Gasteiger charge is -2.45. The molecule has 2 aliphatic rings. The first kappa shape index (κ1) is 17.2. The van der Waals surface area contributed by atoms with Gasteiger partial charge < -0.3 is 19.5 Å². The molecule has 2 amide bonds. The number of piperidine rings is 1. The highest BCUT2D eigenvalue weighted by molar-refractivity contribution is 7.09. The predicted octanol–water partition coefficient (Wildman–Crippen LogP) is 0.924. The Hall–Kier alpha value is -2.26. The van der Waals surface area contributed by atoms with Crippen LogP contribution in [0.1, 0.15) is 34.2 Å². The topological polar surface area (TPSA) is 89.4 Å². The van der Waals surface area contributed by atoms with Crippen molar-refractivity contribution in [3.8, 4) is 0 Å². The summed E-state index contributed by atoms with van der Waals surface area (Å²) >= 11 is 1.48. The van der Waals surface area contributed by atoms with Crippen molar-refractivity contribution in [3.63, 3.8) is 0 Å². The number of rotatable bonds is 2. The molecule has 1 fully saturated rings. The normalized spacial score (nSPS) is 21.5. The molecule has 0 aromatic carbocycles. The smallest absolute Gasteiger partial charge is 0.273 e. The first-order chi connectivity index (χ1) is 12.5. The summed E-state index contributed by atoms with van der Waals surface area (Å²) in [4.78, 5) is 35.4. The van der Waals surface area contributed by atoms with Gasteiger partial charge >= 0.3 is 0 Å². The summed E-state index contributed by atoms with van der Waals surface area (Å²) in [5.41, 5.74) is -0.133. The van der Waals surface area contributed by atoms with Crippen molar-refractivity contribution in [2.24, 2.45) is 0 Å². The van der Waals surface area contributed by atoms with Crippen LogP contribution in [0.25, 0.3) is 0 Å². The minimum absolute atomic E-state index is 0.0498. The van der Waals surface area contributed by atoms with Crippen molar-refractivity contribution in [1.82, 2.24) is 24.8 Å². The predicted molar refractivity (Wildman–Crippen MR) is 94.8 cm³/mol. The molecule has 4 heterocycles. The number of imidazole rings is 1. The van der Waals surface area contributed by atoms with Gasteiger partial charge in [-0.15, -0.1) is 11.3 Å². The summed E-state index contributed by atoms with van der Waals surface area (Å²) in [6.45, 7) is 3.43. The highest BCUT2D eigenvalue weighted by Crippen LogP contribution is 2.40. The Morgan fingerprint density at radius 3 is 2.81 bits per heavy atom. The van der Waals surface area contributed by atoms with E-state index in [9.17, 15) is 9.59 Å². The maximum absolute atomic E-state index is 12.6. The zero-order valence-corrected chi connectivity index (χ0v) is 15.6. The molecule has 2 aromatic rings. The average Bonchev–Trinajstić information content (AvgIpc) is 3.30. The molecule has 0 radical (unpaired) electrons. The Labute approximate surface area is 155 Å². The number of carbonyl (C=O) groups excluding carboxylic acids is 2. The number of hydrogen-bond acceptors (Lipinski definition) is 6. The number of aryl methyl sites for hydroxylation is 1. The summed E-state index contributed by atoms with van der Waals surface area (Å²) in [7, 11) is 1.61. The molecule has 9 heteroatoms. The van der Waals surface area contributed by atoms with Crippen LogP contribution in [0.3, 0.4) is 0 Å². The first-order valence-electron chi connectivity index (χ1n) is 8.65. The van der Waals surface area contributed by atoms with Gasteiger partial charge in [-0.1, -0.05) is 0 Å². The molecule has 1 saturated heterocycles. The third-order valence-corrected chi connectivity index (χ3v) is 5.86. The molecule has 1 unspecified atom stereocenters. The number of likely N-dealkylation sites (tertiary alicyclic amines) is 1. The molecule has 8 nitrogen and oxygen atoms in total. The Morgan fingerprint density at radius 2 is 2.15 bits per heavy atom. The van der Waals surface area contributed by atoms with Gasteiger partial charge in [-0.05, 0) is 6.92 Å². The van der Waals surface area contributed by atoms with Gasteiger partial charge in [-0.25, -0.2) is 9.97 Å². The van der Waals surface area contributed by atoms with Crippen LogP contribution in [0.15, 0.2) is 17.8 Å². The van der Waals surface area contributed by atoms with Crippen molar-refractivity contribution >= 4 is 23.2 Å². The standard InChI is InChI=1S/C17H21N5O3S/c1-11-20-12(10-26-11)15(24)21-6-3-17(4-7-21)16-19-5-8-22(16)9-13(25-17)14(23)18-2/h5,8,10,13H,3-4,6-7,9H2,1-2H3,(H,18,23). The van der Waals surface area contributed by atoms with Crippen molar-refractivity contribution < 1.29 is 14.3 Å². The SMILES string of the molecule is CNC(=O)C1Cn2ccnc2C2(CCN(C(=O)c3csc(C)n3)CC2)O1. The van der Waals surface area contributed by atoms with E-state index in [2.05, 4.69) is 15.3 Å². The molecular formula is C17H21N5O3S. The Balaban J connectivity index is 1.54. The molecule has 1 atom stereocenters. The summed E-state index contributed by atoms with van der Waals surface area (Å²) in [6, 6.07) is 0. The maximum atomic E-state index is 12.6. The van der Waals surface area contributed by atoms with E-state index in [1.807, 2.05) is 17.7 Å². The van der Waals surface area contributed by atoms with Crippen LogP contribution in [0.5, 0.6) is 0 Å². The van der Waals surface area contributed by atoms with Gasteiger partial charge in [-0.2, -0.15) is 0 Å². The molecule has 1 spiro atoms. The zero-order chi connectivity index (χ0) is 18.3. The molecular weight excluding hydrogens is 354 g/mol. The number of thiazole rings is 1. The first-order valence-corrected chi connectivity index (χ1v) is 9.53. The van der Waals surface area contributed by atoms with Crippen LogP contribution in [0, 0.1) is 6.92 Å². The van der Waals surface area contributed by atoms with Crippen LogP contribution < -0.4 is 5.32 Å². The van der Waals surface area contributed by atoms with Gasteiger partial charge in [0, 0.05) is 50.8 Å². The number of carbonyl (C=O) groups is 2. The van der Waals surface area contributed by atoms with Gasteiger partial charge in [0.15, 0.2) is 6.10 Å². The monoisotopic (exact) mass is 375 g/mol. The second-order valence-electron chi connectivity index (χ2n) is 6.66. The summed E-state index contributed by atoms with van der Waals surface area (Å²) in [5.74, 6) is 0.653. The summed E-state index contributed by atoms with van der Waals surface area (Å²) < 4.78 is 8.23. The van der Waals surface area contributed by atoms with E-state index >= 15 is 0 Å². The number of nitrogens with one attached hydrogen (secondary N) is 1. The fourth-order valence-corrected chi connectivity index (χ4v) is 4.32. The third-order valence-electron chi connectivity index (χ3n) is 5.09. The average molecular weight is 375 g/mol. The third kappa shape index (κ3) is 2.80. The number of fused-ring (bicyclic) bond motifs is 2. The number of ether oxygens (including phenoxy) is 1. The Kier molecular flexibility index (Phi) is 4.28. The fourth-order valence-electron chi connectivity index (χ4n) is 3.73. The van der Waals surface area contributed by atoms with Crippen molar-refractivity contribution in [3.05, 3.63) is 34.3 Å². The van der Waals surface area contributed by atoms with Crippen molar-refractivity contribution in [2.75, 3.05) is 20.1 Å². The van der Waals surface area contributed by atoms with E-state index < -0.39 is 11.7 Å². The molecule has 2 aromatic heterocycles. The van der Waals surface area contributed by atoms with E-state index in [-0.39, 0.29) is 11.8 Å². The second-order valence-corrected chi connectivity index (χ2v) is 7.72. The molecule has 0 aliphatic carbocycles. The van der Waals surface area contributed by atoms with Crippen LogP contribution in [-0.2, 0) is 21.7 Å². The van der Waals surface area contributed by atoms with E-state index in [1.165, 1.54) is 11.3 Å². The van der Waals surface area contributed by atoms with Crippen LogP contribution in [0.4, 0.5) is 0 Å². The number of nitrogens with zero attached hydrogens (tertiary/aromatic N) is 4. The second kappa shape index (κ2) is 6.48.